The van der Waals surface area contributed by atoms with Gasteiger partial charge in [-0.1, -0.05) is 6.92 Å². The molecule has 0 aliphatic heterocycles. The summed E-state index contributed by atoms with van der Waals surface area (Å²) >= 11 is 0. The van der Waals surface area contributed by atoms with Crippen molar-refractivity contribution in [2.45, 2.75) is 20.3 Å². The van der Waals surface area contributed by atoms with Crippen LogP contribution in [0.5, 0.6) is 0 Å². The molecule has 19 heavy (non-hydrogen) atoms. The lowest BCUT2D eigenvalue weighted by Gasteiger charge is -2.06. The van der Waals surface area contributed by atoms with Crippen LogP contribution in [0.4, 0.5) is 5.82 Å². The Labute approximate surface area is 112 Å². The maximum absolute atomic E-state index is 11.8. The van der Waals surface area contributed by atoms with Gasteiger partial charge in [0, 0.05) is 13.1 Å². The molecule has 0 bridgehead atoms. The number of anilines is 1. The third-order valence-electron chi connectivity index (χ3n) is 2.21. The fourth-order valence-electron chi connectivity index (χ4n) is 1.32. The van der Waals surface area contributed by atoms with Gasteiger partial charge in [-0.25, -0.2) is 4.98 Å². The number of hydrogen-bond donors (Lipinski definition) is 3. The van der Waals surface area contributed by atoms with E-state index in [1.54, 1.807) is 6.20 Å². The molecule has 0 atom stereocenters. The van der Waals surface area contributed by atoms with E-state index in [9.17, 15) is 9.59 Å². The molecular formula is C12H19N5O2. The molecule has 0 aliphatic rings. The number of nitrogens with zero attached hydrogens (tertiary/aromatic N) is 2. The number of amides is 2. The van der Waals surface area contributed by atoms with Crippen molar-refractivity contribution >= 4 is 17.6 Å². The monoisotopic (exact) mass is 265 g/mol. The van der Waals surface area contributed by atoms with Crippen LogP contribution in [-0.4, -0.2) is 41.4 Å². The van der Waals surface area contributed by atoms with Crippen molar-refractivity contribution in [3.8, 4) is 0 Å². The summed E-state index contributed by atoms with van der Waals surface area (Å²) in [6.07, 6.45) is 3.87. The predicted molar refractivity (Wildman–Crippen MR) is 71.8 cm³/mol. The molecule has 0 saturated carbocycles. The summed E-state index contributed by atoms with van der Waals surface area (Å²) in [4.78, 5) is 31.0. The third kappa shape index (κ3) is 5.33. The van der Waals surface area contributed by atoms with E-state index >= 15 is 0 Å². The van der Waals surface area contributed by atoms with Crippen molar-refractivity contribution in [1.82, 2.24) is 20.6 Å². The quantitative estimate of drug-likeness (QED) is 0.653. The number of carbonyl (C=O) groups excluding carboxylic acids is 2. The molecule has 0 aliphatic carbocycles. The van der Waals surface area contributed by atoms with E-state index < -0.39 is 5.91 Å². The van der Waals surface area contributed by atoms with Gasteiger partial charge in [-0.3, -0.25) is 14.6 Å². The molecule has 104 valence electrons. The van der Waals surface area contributed by atoms with Crippen LogP contribution in [0.2, 0.25) is 0 Å². The zero-order chi connectivity index (χ0) is 14.1. The molecule has 1 aromatic rings. The Morgan fingerprint density at radius 1 is 1.21 bits per heavy atom. The van der Waals surface area contributed by atoms with Crippen molar-refractivity contribution in [3.05, 3.63) is 18.1 Å². The van der Waals surface area contributed by atoms with E-state index in [1.165, 1.54) is 6.20 Å². The Balaban J connectivity index is 2.54. The molecule has 1 heterocycles. The fourth-order valence-corrected chi connectivity index (χ4v) is 1.32. The molecule has 1 rings (SSSR count). The van der Waals surface area contributed by atoms with Crippen LogP contribution < -0.4 is 16.0 Å². The average Bonchev–Trinajstić information content (AvgIpc) is 2.43. The molecule has 0 saturated heterocycles. The van der Waals surface area contributed by atoms with Crippen LogP contribution in [0.1, 0.15) is 30.8 Å². The minimum atomic E-state index is -0.418. The number of hydrogen-bond acceptors (Lipinski definition) is 5. The molecule has 0 aromatic carbocycles. The molecule has 1 aromatic heterocycles. The normalized spacial score (nSPS) is 9.79. The van der Waals surface area contributed by atoms with Crippen LogP contribution in [0.25, 0.3) is 0 Å². The second-order valence-electron chi connectivity index (χ2n) is 3.85. The molecular weight excluding hydrogens is 246 g/mol. The smallest absolute Gasteiger partial charge is 0.272 e. The summed E-state index contributed by atoms with van der Waals surface area (Å²) in [7, 11) is 0. The minimum absolute atomic E-state index is 0.0685. The van der Waals surface area contributed by atoms with Gasteiger partial charge in [0.1, 0.15) is 11.5 Å². The topological polar surface area (TPSA) is 96.0 Å². The van der Waals surface area contributed by atoms with Crippen LogP contribution in [0.15, 0.2) is 12.4 Å². The lowest BCUT2D eigenvalue weighted by molar-refractivity contribution is -0.120. The minimum Gasteiger partial charge on any atom is -0.369 e. The second-order valence-corrected chi connectivity index (χ2v) is 3.85. The van der Waals surface area contributed by atoms with Gasteiger partial charge in [-0.05, 0) is 13.3 Å². The van der Waals surface area contributed by atoms with E-state index in [4.69, 9.17) is 0 Å². The van der Waals surface area contributed by atoms with E-state index in [1.807, 2.05) is 13.8 Å². The van der Waals surface area contributed by atoms with Gasteiger partial charge in [-0.15, -0.1) is 0 Å². The van der Waals surface area contributed by atoms with E-state index in [0.29, 0.717) is 12.4 Å². The first kappa shape index (κ1) is 14.9. The van der Waals surface area contributed by atoms with Crippen molar-refractivity contribution in [2.75, 3.05) is 25.0 Å². The number of aromatic nitrogens is 2. The molecule has 0 radical (unpaired) electrons. The Kier molecular flexibility index (Phi) is 6.28. The zero-order valence-electron chi connectivity index (χ0n) is 11.2. The Morgan fingerprint density at radius 2 is 2.00 bits per heavy atom. The van der Waals surface area contributed by atoms with Crippen LogP contribution in [-0.2, 0) is 4.79 Å². The summed E-state index contributed by atoms with van der Waals surface area (Å²) in [5, 5.41) is 8.12. The van der Waals surface area contributed by atoms with Gasteiger partial charge in [0.25, 0.3) is 5.91 Å². The summed E-state index contributed by atoms with van der Waals surface area (Å²) < 4.78 is 0. The first-order valence-electron chi connectivity index (χ1n) is 6.28. The lowest BCUT2D eigenvalue weighted by Crippen LogP contribution is -2.37. The van der Waals surface area contributed by atoms with E-state index in [-0.39, 0.29) is 18.1 Å². The van der Waals surface area contributed by atoms with E-state index in [2.05, 4.69) is 25.9 Å². The summed E-state index contributed by atoms with van der Waals surface area (Å²) in [6.45, 7) is 5.07. The predicted octanol–water partition coefficient (Wildman–Crippen LogP) is 0.164. The highest BCUT2D eigenvalue weighted by atomic mass is 16.2. The van der Waals surface area contributed by atoms with Gasteiger partial charge >= 0.3 is 0 Å². The molecule has 2 amide bonds. The van der Waals surface area contributed by atoms with Gasteiger partial charge in [0.2, 0.25) is 5.91 Å². The first-order chi connectivity index (χ1) is 9.17. The highest BCUT2D eigenvalue weighted by molar-refractivity contribution is 5.94. The van der Waals surface area contributed by atoms with Crippen molar-refractivity contribution in [1.29, 1.82) is 0 Å². The highest BCUT2D eigenvalue weighted by Crippen LogP contribution is 2.01. The van der Waals surface area contributed by atoms with Crippen molar-refractivity contribution in [3.63, 3.8) is 0 Å². The number of carbonyl (C=O) groups is 2. The molecule has 3 N–H and O–H groups in total. The van der Waals surface area contributed by atoms with Crippen molar-refractivity contribution < 1.29 is 9.59 Å². The summed E-state index contributed by atoms with van der Waals surface area (Å²) in [5.41, 5.74) is 0.186. The Bertz CT molecular complexity index is 436. The van der Waals surface area contributed by atoms with Gasteiger partial charge in [-0.2, -0.15) is 0 Å². The van der Waals surface area contributed by atoms with Gasteiger partial charge < -0.3 is 16.0 Å². The maximum atomic E-state index is 11.8. The standard InChI is InChI=1S/C12H19N5O2/c1-3-5-15-10-7-13-6-9(17-10)12(19)16-8-11(18)14-4-2/h6-7H,3-5,8H2,1-2H3,(H,14,18)(H,15,17)(H,16,19). The summed E-state index contributed by atoms with van der Waals surface area (Å²) in [6, 6.07) is 0. The van der Waals surface area contributed by atoms with Crippen molar-refractivity contribution in [2.24, 2.45) is 0 Å². The second kappa shape index (κ2) is 8.02. The molecule has 0 unspecified atom stereocenters. The van der Waals surface area contributed by atoms with Gasteiger partial charge in [0.15, 0.2) is 0 Å². The number of rotatable bonds is 7. The number of likely N-dealkylation sites (N-methyl/N-ethyl adjacent to an activating group) is 1. The Hall–Kier alpha value is -2.18. The molecule has 0 fully saturated rings. The van der Waals surface area contributed by atoms with E-state index in [0.717, 1.165) is 13.0 Å². The third-order valence-corrected chi connectivity index (χ3v) is 2.21. The first-order valence-corrected chi connectivity index (χ1v) is 6.28. The molecule has 7 nitrogen and oxygen atoms in total. The number of nitrogens with one attached hydrogen (secondary N) is 3. The van der Waals surface area contributed by atoms with Crippen LogP contribution in [0.3, 0.4) is 0 Å². The van der Waals surface area contributed by atoms with Crippen LogP contribution >= 0.6 is 0 Å². The lowest BCUT2D eigenvalue weighted by atomic mass is 10.4. The highest BCUT2D eigenvalue weighted by Gasteiger charge is 2.10. The zero-order valence-corrected chi connectivity index (χ0v) is 11.2. The average molecular weight is 265 g/mol. The Morgan fingerprint density at radius 3 is 2.68 bits per heavy atom. The molecule has 0 spiro atoms. The van der Waals surface area contributed by atoms with Gasteiger partial charge in [0.05, 0.1) is 18.9 Å². The summed E-state index contributed by atoms with van der Waals surface area (Å²) in [5.74, 6) is -0.101. The maximum Gasteiger partial charge on any atom is 0.272 e. The largest absolute Gasteiger partial charge is 0.369 e. The molecule has 7 heteroatoms. The fraction of sp³-hybridized carbons (Fsp3) is 0.500. The van der Waals surface area contributed by atoms with Crippen LogP contribution in [0, 0.1) is 0 Å². The SMILES string of the molecule is CCCNc1cncc(C(=O)NCC(=O)NCC)n1.